The number of hydrogen-bond donors (Lipinski definition) is 1. The summed E-state index contributed by atoms with van der Waals surface area (Å²) in [5.41, 5.74) is 0.440. The van der Waals surface area contributed by atoms with Gasteiger partial charge in [0.1, 0.15) is 12.0 Å². The van der Waals surface area contributed by atoms with Crippen LogP contribution >= 0.6 is 24.0 Å². The lowest BCUT2D eigenvalue weighted by Crippen LogP contribution is -2.54. The van der Waals surface area contributed by atoms with Crippen molar-refractivity contribution in [2.75, 3.05) is 58.9 Å². The lowest BCUT2D eigenvalue weighted by molar-refractivity contribution is 0.191. The number of nitrogens with zero attached hydrogens (tertiary/aromatic N) is 5. The molecule has 0 bridgehead atoms. The number of piperidine rings is 1. The minimum absolute atomic E-state index is 0. The Labute approximate surface area is 203 Å². The lowest BCUT2D eigenvalue weighted by Gasteiger charge is -2.35. The van der Waals surface area contributed by atoms with Crippen LogP contribution in [0.15, 0.2) is 21.8 Å². The van der Waals surface area contributed by atoms with E-state index < -0.39 is 10.0 Å². The fourth-order valence-corrected chi connectivity index (χ4v) is 5.38. The van der Waals surface area contributed by atoms with Crippen LogP contribution in [0.3, 0.4) is 0 Å². The average Bonchev–Trinajstić information content (AvgIpc) is 3.24. The molecule has 0 unspecified atom stereocenters. The fraction of sp³-hybridized carbons (Fsp3) is 0.800. The van der Waals surface area contributed by atoms with Gasteiger partial charge in [-0.3, -0.25) is 4.99 Å². The van der Waals surface area contributed by atoms with Crippen LogP contribution in [0.1, 0.15) is 38.8 Å². The van der Waals surface area contributed by atoms with E-state index in [2.05, 4.69) is 34.1 Å². The summed E-state index contributed by atoms with van der Waals surface area (Å²) in [7, 11) is -3.39. The molecule has 3 heterocycles. The molecule has 0 aromatic carbocycles. The molecular formula is C20H37IN6O3S. The number of likely N-dealkylation sites (tertiary alicyclic amines) is 1. The molecule has 0 radical (unpaired) electrons. The Morgan fingerprint density at radius 3 is 2.55 bits per heavy atom. The number of sulfonamides is 1. The second-order valence-electron chi connectivity index (χ2n) is 8.25. The van der Waals surface area contributed by atoms with E-state index in [1.165, 1.54) is 32.2 Å². The van der Waals surface area contributed by atoms with E-state index in [0.717, 1.165) is 37.9 Å². The molecule has 11 heteroatoms. The highest BCUT2D eigenvalue weighted by atomic mass is 127. The highest BCUT2D eigenvalue weighted by molar-refractivity contribution is 14.0. The quantitative estimate of drug-likeness (QED) is 0.221. The van der Waals surface area contributed by atoms with Crippen molar-refractivity contribution in [3.63, 3.8) is 0 Å². The molecule has 1 N–H and O–H groups in total. The summed E-state index contributed by atoms with van der Waals surface area (Å²) in [6, 6.07) is 1.59. The third kappa shape index (κ3) is 8.17. The van der Waals surface area contributed by atoms with Crippen molar-refractivity contribution in [3.05, 3.63) is 18.0 Å². The van der Waals surface area contributed by atoms with Crippen molar-refractivity contribution in [3.8, 4) is 0 Å². The first-order valence-corrected chi connectivity index (χ1v) is 12.7. The van der Waals surface area contributed by atoms with Gasteiger partial charge in [0.15, 0.2) is 5.96 Å². The summed E-state index contributed by atoms with van der Waals surface area (Å²) in [6.07, 6.45) is 5.05. The van der Waals surface area contributed by atoms with Crippen LogP contribution in [0.4, 0.5) is 0 Å². The Morgan fingerprint density at radius 1 is 1.23 bits per heavy atom. The molecule has 0 saturated carbocycles. The first-order valence-electron chi connectivity index (χ1n) is 11.1. The second kappa shape index (κ2) is 12.9. The topological polar surface area (TPSA) is 94.3 Å². The third-order valence-electron chi connectivity index (χ3n) is 5.86. The zero-order chi connectivity index (χ0) is 21.4. The molecule has 1 aromatic rings. The number of aromatic nitrogens is 1. The van der Waals surface area contributed by atoms with Crippen molar-refractivity contribution in [2.45, 2.75) is 38.9 Å². The molecule has 0 amide bonds. The standard InChI is InChI=1S/C20H36N6O3S.HI/c1-3-21-20(22-8-4-9-24-10-5-18(2)6-11-24)25-12-14-26(15-13-25)30(27,28)17-19-7-16-29-23-19;/h7,16,18H,3-6,8-15,17H2,1-2H3,(H,21,22);1H. The maximum atomic E-state index is 12.6. The summed E-state index contributed by atoms with van der Waals surface area (Å²) < 4.78 is 31.5. The summed E-state index contributed by atoms with van der Waals surface area (Å²) >= 11 is 0. The monoisotopic (exact) mass is 568 g/mol. The van der Waals surface area contributed by atoms with Crippen LogP contribution in [0.2, 0.25) is 0 Å². The number of piperazine rings is 1. The molecule has 2 saturated heterocycles. The van der Waals surface area contributed by atoms with Crippen LogP contribution < -0.4 is 5.32 Å². The van der Waals surface area contributed by atoms with Crippen molar-refractivity contribution in [1.29, 1.82) is 0 Å². The SMILES string of the molecule is CCNC(=NCCCN1CCC(C)CC1)N1CCN(S(=O)(=O)Cc2ccon2)CC1.I. The van der Waals surface area contributed by atoms with Crippen LogP contribution in [0.25, 0.3) is 0 Å². The average molecular weight is 569 g/mol. The largest absolute Gasteiger partial charge is 0.364 e. The molecule has 1 aromatic heterocycles. The van der Waals surface area contributed by atoms with Gasteiger partial charge in [-0.1, -0.05) is 12.1 Å². The van der Waals surface area contributed by atoms with Crippen LogP contribution in [-0.2, 0) is 15.8 Å². The Bertz CT molecular complexity index is 758. The molecule has 178 valence electrons. The van der Waals surface area contributed by atoms with Gasteiger partial charge in [-0.05, 0) is 51.7 Å². The second-order valence-corrected chi connectivity index (χ2v) is 10.2. The van der Waals surface area contributed by atoms with Crippen molar-refractivity contribution in [1.82, 2.24) is 24.6 Å². The smallest absolute Gasteiger partial charge is 0.220 e. The summed E-state index contributed by atoms with van der Waals surface area (Å²) in [6.45, 7) is 11.7. The van der Waals surface area contributed by atoms with Crippen LogP contribution in [-0.4, -0.2) is 92.5 Å². The van der Waals surface area contributed by atoms with Crippen LogP contribution in [0.5, 0.6) is 0 Å². The highest BCUT2D eigenvalue weighted by Crippen LogP contribution is 2.16. The Morgan fingerprint density at radius 2 is 1.94 bits per heavy atom. The third-order valence-corrected chi connectivity index (χ3v) is 7.67. The Balaban J connectivity index is 0.00000341. The normalized spacial score (nSPS) is 19.9. The lowest BCUT2D eigenvalue weighted by atomic mass is 9.99. The minimum atomic E-state index is -3.39. The van der Waals surface area contributed by atoms with Crippen molar-refractivity contribution in [2.24, 2.45) is 10.9 Å². The molecule has 2 aliphatic rings. The summed E-state index contributed by atoms with van der Waals surface area (Å²) in [5, 5.41) is 7.08. The number of hydrogen-bond acceptors (Lipinski definition) is 6. The van der Waals surface area contributed by atoms with Gasteiger partial charge in [-0.25, -0.2) is 8.42 Å². The molecule has 9 nitrogen and oxygen atoms in total. The van der Waals surface area contributed by atoms with E-state index in [9.17, 15) is 8.42 Å². The minimum Gasteiger partial charge on any atom is -0.364 e. The van der Waals surface area contributed by atoms with Gasteiger partial charge >= 0.3 is 0 Å². The molecular weight excluding hydrogens is 531 g/mol. The van der Waals surface area contributed by atoms with E-state index in [-0.39, 0.29) is 29.7 Å². The van der Waals surface area contributed by atoms with Gasteiger partial charge in [0.25, 0.3) is 0 Å². The maximum absolute atomic E-state index is 12.6. The Kier molecular flexibility index (Phi) is 11.0. The van der Waals surface area contributed by atoms with E-state index in [1.807, 2.05) is 0 Å². The number of halogens is 1. The van der Waals surface area contributed by atoms with Gasteiger partial charge < -0.3 is 19.6 Å². The number of aliphatic imine (C=N–C) groups is 1. The summed E-state index contributed by atoms with van der Waals surface area (Å²) in [4.78, 5) is 9.50. The fourth-order valence-electron chi connectivity index (χ4n) is 3.96. The van der Waals surface area contributed by atoms with E-state index in [0.29, 0.717) is 31.9 Å². The van der Waals surface area contributed by atoms with Gasteiger partial charge in [-0.2, -0.15) is 4.31 Å². The first kappa shape index (κ1) is 26.3. The number of rotatable bonds is 8. The van der Waals surface area contributed by atoms with Gasteiger partial charge in [-0.15, -0.1) is 24.0 Å². The predicted molar refractivity (Wildman–Crippen MR) is 133 cm³/mol. The summed E-state index contributed by atoms with van der Waals surface area (Å²) in [5.74, 6) is 1.63. The van der Waals surface area contributed by atoms with Gasteiger partial charge in [0.2, 0.25) is 10.0 Å². The molecule has 3 rings (SSSR count). The van der Waals surface area contributed by atoms with Crippen LogP contribution in [0, 0.1) is 5.92 Å². The van der Waals surface area contributed by atoms with Gasteiger partial charge in [0, 0.05) is 45.3 Å². The van der Waals surface area contributed by atoms with E-state index in [1.54, 1.807) is 10.4 Å². The van der Waals surface area contributed by atoms with Gasteiger partial charge in [0.05, 0.1) is 5.69 Å². The first-order chi connectivity index (χ1) is 14.5. The molecule has 0 spiro atoms. The number of nitrogens with one attached hydrogen (secondary N) is 1. The van der Waals surface area contributed by atoms with E-state index >= 15 is 0 Å². The van der Waals surface area contributed by atoms with E-state index in [4.69, 9.17) is 9.52 Å². The molecule has 31 heavy (non-hydrogen) atoms. The molecule has 2 aliphatic heterocycles. The maximum Gasteiger partial charge on any atom is 0.220 e. The molecule has 2 fully saturated rings. The zero-order valence-corrected chi connectivity index (χ0v) is 21.8. The van der Waals surface area contributed by atoms with Crippen molar-refractivity contribution < 1.29 is 12.9 Å². The number of guanidine groups is 1. The highest BCUT2D eigenvalue weighted by Gasteiger charge is 2.29. The predicted octanol–water partition coefficient (Wildman–Crippen LogP) is 1.83. The molecule has 0 aliphatic carbocycles. The zero-order valence-electron chi connectivity index (χ0n) is 18.7. The molecule has 0 atom stereocenters. The Hall–Kier alpha value is -0.920. The van der Waals surface area contributed by atoms with Crippen molar-refractivity contribution >= 4 is 40.0 Å².